The number of carbonyl (C=O) groups excluding carboxylic acids is 1. The van der Waals surface area contributed by atoms with Gasteiger partial charge in [-0.15, -0.1) is 0 Å². The fourth-order valence-corrected chi connectivity index (χ4v) is 3.69. The Morgan fingerprint density at radius 1 is 1.11 bits per heavy atom. The van der Waals surface area contributed by atoms with Crippen molar-refractivity contribution in [2.24, 2.45) is 11.8 Å². The zero-order valence-corrected chi connectivity index (χ0v) is 10.5. The Morgan fingerprint density at radius 2 is 1.94 bits per heavy atom. The molecule has 18 heavy (non-hydrogen) atoms. The van der Waals surface area contributed by atoms with E-state index in [0.29, 0.717) is 24.9 Å². The summed E-state index contributed by atoms with van der Waals surface area (Å²) in [6, 6.07) is 0.501. The predicted octanol–water partition coefficient (Wildman–Crippen LogP) is 1.39. The van der Waals surface area contributed by atoms with Crippen LogP contribution in [-0.2, 0) is 4.79 Å². The minimum Gasteiger partial charge on any atom is -0.481 e. The smallest absolute Gasteiger partial charge is 0.320 e. The van der Waals surface area contributed by atoms with Gasteiger partial charge in [0.05, 0.1) is 5.92 Å². The minimum absolute atomic E-state index is 0.0770. The molecular weight excluding hydrogens is 232 g/mol. The number of carbonyl (C=O) groups is 2. The van der Waals surface area contributed by atoms with E-state index in [1.165, 1.54) is 6.42 Å². The fourth-order valence-electron chi connectivity index (χ4n) is 3.69. The molecule has 2 aliphatic heterocycles. The van der Waals surface area contributed by atoms with Gasteiger partial charge in [0.2, 0.25) is 0 Å². The number of hydrogen-bond acceptors (Lipinski definition) is 2. The van der Waals surface area contributed by atoms with Crippen LogP contribution in [0.25, 0.3) is 0 Å². The normalized spacial score (nSPS) is 35.0. The number of nitrogens with zero attached hydrogens (tertiary/aromatic N) is 2. The van der Waals surface area contributed by atoms with E-state index in [1.54, 1.807) is 4.90 Å². The second-order valence-electron chi connectivity index (χ2n) is 5.89. The van der Waals surface area contributed by atoms with Crippen molar-refractivity contribution in [2.45, 2.75) is 38.1 Å². The van der Waals surface area contributed by atoms with Crippen molar-refractivity contribution in [3.8, 4) is 0 Å². The summed E-state index contributed by atoms with van der Waals surface area (Å²) in [7, 11) is 0. The molecule has 3 atom stereocenters. The van der Waals surface area contributed by atoms with E-state index in [-0.39, 0.29) is 11.9 Å². The second-order valence-corrected chi connectivity index (χ2v) is 5.89. The van der Waals surface area contributed by atoms with E-state index in [0.717, 1.165) is 32.4 Å². The Labute approximate surface area is 107 Å². The maximum Gasteiger partial charge on any atom is 0.320 e. The maximum absolute atomic E-state index is 12.4. The number of amides is 2. The molecular formula is C13H20N2O3. The predicted molar refractivity (Wildman–Crippen MR) is 65.2 cm³/mol. The first-order valence-electron chi connectivity index (χ1n) is 6.93. The third kappa shape index (κ3) is 1.95. The van der Waals surface area contributed by atoms with Crippen molar-refractivity contribution >= 4 is 12.0 Å². The highest BCUT2D eigenvalue weighted by atomic mass is 16.4. The van der Waals surface area contributed by atoms with Gasteiger partial charge < -0.3 is 14.9 Å². The second kappa shape index (κ2) is 4.44. The fraction of sp³-hybridized carbons (Fsp3) is 0.846. The number of piperidine rings is 2. The molecule has 2 heterocycles. The lowest BCUT2D eigenvalue weighted by atomic mass is 9.98. The van der Waals surface area contributed by atoms with Crippen molar-refractivity contribution < 1.29 is 14.7 Å². The van der Waals surface area contributed by atoms with Gasteiger partial charge in [-0.1, -0.05) is 0 Å². The zero-order chi connectivity index (χ0) is 12.7. The van der Waals surface area contributed by atoms with Gasteiger partial charge in [0.15, 0.2) is 0 Å². The molecule has 5 heteroatoms. The summed E-state index contributed by atoms with van der Waals surface area (Å²) in [5, 5.41) is 9.06. The van der Waals surface area contributed by atoms with Gasteiger partial charge in [0, 0.05) is 25.7 Å². The third-order valence-electron chi connectivity index (χ3n) is 4.70. The molecule has 2 unspecified atom stereocenters. The summed E-state index contributed by atoms with van der Waals surface area (Å²) >= 11 is 0. The summed E-state index contributed by atoms with van der Waals surface area (Å²) in [5.41, 5.74) is 0. The molecule has 0 aromatic carbocycles. The summed E-state index contributed by atoms with van der Waals surface area (Å²) in [5.74, 6) is -0.447. The van der Waals surface area contributed by atoms with Gasteiger partial charge >= 0.3 is 12.0 Å². The first-order chi connectivity index (χ1) is 8.65. The van der Waals surface area contributed by atoms with Crippen molar-refractivity contribution in [1.82, 2.24) is 9.80 Å². The number of fused-ring (bicyclic) bond motifs is 2. The molecule has 2 bridgehead atoms. The number of urea groups is 1. The molecule has 1 saturated carbocycles. The van der Waals surface area contributed by atoms with Crippen molar-refractivity contribution in [3.63, 3.8) is 0 Å². The van der Waals surface area contributed by atoms with E-state index in [4.69, 9.17) is 5.11 Å². The number of hydrogen-bond donors (Lipinski definition) is 1. The maximum atomic E-state index is 12.4. The van der Waals surface area contributed by atoms with Crippen molar-refractivity contribution in [2.75, 3.05) is 19.6 Å². The van der Waals surface area contributed by atoms with Gasteiger partial charge in [-0.05, 0) is 38.0 Å². The van der Waals surface area contributed by atoms with Crippen LogP contribution < -0.4 is 0 Å². The summed E-state index contributed by atoms with van der Waals surface area (Å²) in [6.45, 7) is 2.00. The average molecular weight is 252 g/mol. The largest absolute Gasteiger partial charge is 0.481 e. The van der Waals surface area contributed by atoms with Crippen LogP contribution in [0.2, 0.25) is 0 Å². The quantitative estimate of drug-likeness (QED) is 0.767. The molecule has 1 N–H and O–H groups in total. The number of likely N-dealkylation sites (tertiary alicyclic amines) is 2. The molecule has 2 amide bonds. The third-order valence-corrected chi connectivity index (χ3v) is 4.70. The van der Waals surface area contributed by atoms with Crippen LogP contribution in [0.15, 0.2) is 0 Å². The first-order valence-corrected chi connectivity index (χ1v) is 6.93. The van der Waals surface area contributed by atoms with Crippen molar-refractivity contribution in [3.05, 3.63) is 0 Å². The summed E-state index contributed by atoms with van der Waals surface area (Å²) < 4.78 is 0. The molecule has 0 spiro atoms. The molecule has 0 aromatic rings. The van der Waals surface area contributed by atoms with E-state index in [9.17, 15) is 9.59 Å². The van der Waals surface area contributed by atoms with E-state index in [2.05, 4.69) is 0 Å². The lowest BCUT2D eigenvalue weighted by molar-refractivity contribution is -0.143. The Hall–Kier alpha value is -1.26. The molecule has 3 fully saturated rings. The van der Waals surface area contributed by atoms with Gasteiger partial charge in [-0.3, -0.25) is 4.79 Å². The lowest BCUT2D eigenvalue weighted by Crippen LogP contribution is -2.50. The SMILES string of the molecule is O=C(O)[C@H]1CCCN(C(=O)N2CC3CCC2C3)C1. The Bertz CT molecular complexity index is 371. The van der Waals surface area contributed by atoms with E-state index >= 15 is 0 Å². The zero-order valence-electron chi connectivity index (χ0n) is 10.5. The standard InChI is InChI=1S/C13H20N2O3/c16-12(17)10-2-1-5-14(8-10)13(18)15-7-9-3-4-11(15)6-9/h9-11H,1-8H2,(H,16,17)/t9?,10-,11?/m0/s1. The highest BCUT2D eigenvalue weighted by molar-refractivity contribution is 5.77. The molecule has 0 aromatic heterocycles. The van der Waals surface area contributed by atoms with Crippen LogP contribution in [0, 0.1) is 11.8 Å². The molecule has 100 valence electrons. The van der Waals surface area contributed by atoms with E-state index in [1.807, 2.05) is 4.90 Å². The molecule has 0 radical (unpaired) electrons. The van der Waals surface area contributed by atoms with Gasteiger partial charge in [0.25, 0.3) is 0 Å². The van der Waals surface area contributed by atoms with Crippen molar-refractivity contribution in [1.29, 1.82) is 0 Å². The molecule has 3 rings (SSSR count). The number of carboxylic acid groups (broad SMARTS) is 1. The van der Waals surface area contributed by atoms with E-state index < -0.39 is 5.97 Å². The lowest BCUT2D eigenvalue weighted by Gasteiger charge is -2.36. The highest BCUT2D eigenvalue weighted by Crippen LogP contribution is 2.38. The van der Waals surface area contributed by atoms with Crippen LogP contribution in [0.3, 0.4) is 0 Å². The summed E-state index contributed by atoms with van der Waals surface area (Å²) in [4.78, 5) is 27.2. The van der Waals surface area contributed by atoms with Gasteiger partial charge in [-0.25, -0.2) is 4.79 Å². The monoisotopic (exact) mass is 252 g/mol. The van der Waals surface area contributed by atoms with Crippen LogP contribution >= 0.6 is 0 Å². The molecule has 3 aliphatic rings. The van der Waals surface area contributed by atoms with Crippen LogP contribution in [0.5, 0.6) is 0 Å². The molecule has 2 saturated heterocycles. The molecule has 1 aliphatic carbocycles. The van der Waals surface area contributed by atoms with Crippen LogP contribution in [0.1, 0.15) is 32.1 Å². The average Bonchev–Trinajstić information content (AvgIpc) is 3.00. The molecule has 5 nitrogen and oxygen atoms in total. The number of aliphatic carboxylic acids is 1. The Kier molecular flexibility index (Phi) is 2.92. The van der Waals surface area contributed by atoms with Crippen LogP contribution in [-0.4, -0.2) is 52.6 Å². The minimum atomic E-state index is -0.768. The Balaban J connectivity index is 1.64. The van der Waals surface area contributed by atoms with Crippen LogP contribution in [0.4, 0.5) is 4.79 Å². The highest BCUT2D eigenvalue weighted by Gasteiger charge is 2.42. The number of carboxylic acids is 1. The summed E-state index contributed by atoms with van der Waals surface area (Å²) in [6.07, 6.45) is 5.05. The first kappa shape index (κ1) is 11.8. The number of rotatable bonds is 1. The topological polar surface area (TPSA) is 60.9 Å². The Morgan fingerprint density at radius 3 is 2.56 bits per heavy atom. The van der Waals surface area contributed by atoms with Gasteiger partial charge in [0.1, 0.15) is 0 Å². The van der Waals surface area contributed by atoms with Gasteiger partial charge in [-0.2, -0.15) is 0 Å².